The third-order valence-corrected chi connectivity index (χ3v) is 15.3. The number of aliphatic hydroxyl groups excluding tert-OH is 1. The van der Waals surface area contributed by atoms with Crippen LogP contribution in [-0.2, 0) is 32.9 Å². The molecule has 7 unspecified atom stereocenters. The molecule has 6 fully saturated rings. The summed E-state index contributed by atoms with van der Waals surface area (Å²) in [6, 6.07) is 8.87. The Labute approximate surface area is 292 Å². The van der Waals surface area contributed by atoms with Gasteiger partial charge in [-0.05, 0) is 74.8 Å². The van der Waals surface area contributed by atoms with Crippen LogP contribution in [0.25, 0.3) is 0 Å². The van der Waals surface area contributed by atoms with E-state index in [4.69, 9.17) is 28.1 Å². The molecule has 0 amide bonds. The van der Waals surface area contributed by atoms with Crippen molar-refractivity contribution < 1.29 is 42.8 Å². The quantitative estimate of drug-likeness (QED) is 0.276. The molecule has 7 rings (SSSR count). The van der Waals surface area contributed by atoms with E-state index in [2.05, 4.69) is 45.3 Å². The highest BCUT2D eigenvalue weighted by Gasteiger charge is 2.92. The normalized spacial score (nSPS) is 47.9. The third-order valence-electron chi connectivity index (χ3n) is 14.3. The second-order valence-electron chi connectivity index (χ2n) is 16.9. The first kappa shape index (κ1) is 35.5. The Bertz CT molecular complexity index is 1460. The van der Waals surface area contributed by atoms with Crippen LogP contribution >= 0.6 is 0 Å². The SMILES string of the molecule is CCN1CC2(CC)C3C(OC)C4C1C3([C@@H](OC)C[C@H]2C)[C@H]1C[C@@]2(O[Si](C)(C)C)[C@H](OC(=O)c3ccccc3)C1[C@]4(OC(C)=O)[C@@H](O)[C@@H]2OC. The van der Waals surface area contributed by atoms with Crippen molar-refractivity contribution in [3.8, 4) is 0 Å². The Morgan fingerprint density at radius 1 is 1.00 bits per heavy atom. The lowest BCUT2D eigenvalue weighted by Gasteiger charge is -2.71. The maximum absolute atomic E-state index is 14.2. The van der Waals surface area contributed by atoms with Crippen LogP contribution in [0.2, 0.25) is 19.6 Å². The molecule has 1 saturated heterocycles. The number of carbonyl (C=O) groups excluding carboxylic acids is 2. The highest BCUT2D eigenvalue weighted by Crippen LogP contribution is 2.82. The molecule has 1 aromatic carbocycles. The van der Waals surface area contributed by atoms with E-state index in [0.29, 0.717) is 17.9 Å². The molecule has 10 nitrogen and oxygen atoms in total. The van der Waals surface area contributed by atoms with Gasteiger partial charge in [-0.1, -0.05) is 39.0 Å². The fourth-order valence-electron chi connectivity index (χ4n) is 13.5. The number of aliphatic hydroxyl groups is 1. The lowest BCUT2D eigenvalue weighted by atomic mass is 9.40. The minimum Gasteiger partial charge on any atom is -0.455 e. The molecule has 1 aliphatic heterocycles. The molecule has 7 bridgehead atoms. The average Bonchev–Trinajstić information content (AvgIpc) is 3.44. The van der Waals surface area contributed by atoms with Gasteiger partial charge in [-0.3, -0.25) is 9.69 Å². The molecule has 5 saturated carbocycles. The maximum Gasteiger partial charge on any atom is 0.338 e. The van der Waals surface area contributed by atoms with Crippen molar-refractivity contribution in [1.29, 1.82) is 0 Å². The second-order valence-corrected chi connectivity index (χ2v) is 21.3. The highest BCUT2D eigenvalue weighted by molar-refractivity contribution is 6.69. The summed E-state index contributed by atoms with van der Waals surface area (Å²) in [4.78, 5) is 30.3. The highest BCUT2D eigenvalue weighted by atomic mass is 28.4. The van der Waals surface area contributed by atoms with Gasteiger partial charge in [0.15, 0.2) is 13.9 Å². The molecule has 272 valence electrons. The van der Waals surface area contributed by atoms with Crippen molar-refractivity contribution in [3.63, 3.8) is 0 Å². The largest absolute Gasteiger partial charge is 0.455 e. The predicted molar refractivity (Wildman–Crippen MR) is 184 cm³/mol. The first-order valence-electron chi connectivity index (χ1n) is 18.4. The molecule has 6 aliphatic rings. The monoisotopic (exact) mass is 699 g/mol. The van der Waals surface area contributed by atoms with Gasteiger partial charge in [0.05, 0.1) is 17.8 Å². The summed E-state index contributed by atoms with van der Waals surface area (Å²) >= 11 is 0. The average molecular weight is 700 g/mol. The number of benzene rings is 1. The van der Waals surface area contributed by atoms with Gasteiger partial charge < -0.3 is 33.2 Å². The van der Waals surface area contributed by atoms with Crippen LogP contribution < -0.4 is 0 Å². The molecule has 0 radical (unpaired) electrons. The van der Waals surface area contributed by atoms with Gasteiger partial charge in [-0.15, -0.1) is 0 Å². The number of hydrogen-bond acceptors (Lipinski definition) is 10. The van der Waals surface area contributed by atoms with Gasteiger partial charge in [0, 0.05) is 64.0 Å². The van der Waals surface area contributed by atoms with E-state index in [1.165, 1.54) is 6.92 Å². The minimum atomic E-state index is -2.41. The van der Waals surface area contributed by atoms with Crippen molar-refractivity contribution >= 4 is 20.3 Å². The molecule has 5 aliphatic carbocycles. The van der Waals surface area contributed by atoms with E-state index in [1.807, 2.05) is 25.3 Å². The summed E-state index contributed by atoms with van der Waals surface area (Å²) in [5.74, 6) is -1.84. The molecule has 1 spiro atoms. The summed E-state index contributed by atoms with van der Waals surface area (Å²) < 4.78 is 40.5. The number of rotatable bonds is 10. The van der Waals surface area contributed by atoms with E-state index in [0.717, 1.165) is 25.9 Å². The molecule has 49 heavy (non-hydrogen) atoms. The van der Waals surface area contributed by atoms with Gasteiger partial charge in [-0.2, -0.15) is 0 Å². The van der Waals surface area contributed by atoms with Crippen LogP contribution in [0.4, 0.5) is 0 Å². The number of piperidine rings is 1. The number of likely N-dealkylation sites (tertiary alicyclic amines) is 1. The maximum atomic E-state index is 14.2. The molecule has 11 heteroatoms. The zero-order chi connectivity index (χ0) is 35.5. The number of fused-ring (bicyclic) bond motifs is 2. The Morgan fingerprint density at radius 3 is 2.24 bits per heavy atom. The number of nitrogens with zero attached hydrogens (tertiary/aromatic N) is 1. The van der Waals surface area contributed by atoms with Crippen LogP contribution in [0, 0.1) is 40.4 Å². The van der Waals surface area contributed by atoms with E-state index in [-0.39, 0.29) is 35.5 Å². The van der Waals surface area contributed by atoms with Crippen molar-refractivity contribution in [3.05, 3.63) is 35.9 Å². The Balaban J connectivity index is 1.57. The van der Waals surface area contributed by atoms with Crippen LogP contribution in [-0.4, -0.2) is 112 Å². The van der Waals surface area contributed by atoms with E-state index in [1.54, 1.807) is 26.4 Å². The fraction of sp³-hybridized carbons (Fsp3) is 0.789. The van der Waals surface area contributed by atoms with E-state index >= 15 is 0 Å². The van der Waals surface area contributed by atoms with Crippen LogP contribution in [0.15, 0.2) is 30.3 Å². The van der Waals surface area contributed by atoms with Crippen molar-refractivity contribution in [2.45, 2.75) is 114 Å². The first-order chi connectivity index (χ1) is 23.2. The Kier molecular flexibility index (Phi) is 8.58. The molecule has 1 N–H and O–H groups in total. The Hall–Kier alpha value is -1.86. The van der Waals surface area contributed by atoms with Gasteiger partial charge >= 0.3 is 11.9 Å². The lowest BCUT2D eigenvalue weighted by Crippen LogP contribution is -2.81. The van der Waals surface area contributed by atoms with E-state index < -0.39 is 67.0 Å². The summed E-state index contributed by atoms with van der Waals surface area (Å²) in [5.41, 5.74) is -2.83. The standard InChI is InChI=1S/C38H57NO9Si/c1-11-35-20-39(12-2)30-27-28(44-6)29(35)37(30,25(43-5)18-21(35)3)24-19-36(48-49(8,9)10)32(46-34(42)23-16-14-13-15-17-23)26(24)38(27,47-22(4)40)31(41)33(36)45-7/h13-17,21,24-33,41H,11-12,18-20H2,1-10H3/t21-,24+,25+,26?,27?,28?,29?,30?,31+,32-,33+,35?,36-,37?,38-/m1/s1. The van der Waals surface area contributed by atoms with Crippen molar-refractivity contribution in [2.75, 3.05) is 34.4 Å². The minimum absolute atomic E-state index is 0.0471. The molecule has 0 aromatic heterocycles. The summed E-state index contributed by atoms with van der Waals surface area (Å²) in [6.45, 7) is 16.3. The smallest absolute Gasteiger partial charge is 0.338 e. The van der Waals surface area contributed by atoms with E-state index in [9.17, 15) is 14.7 Å². The summed E-state index contributed by atoms with van der Waals surface area (Å²) in [5, 5.41) is 13.0. The van der Waals surface area contributed by atoms with Crippen LogP contribution in [0.3, 0.4) is 0 Å². The number of esters is 2. The third kappa shape index (κ3) is 4.33. The molecule has 15 atom stereocenters. The molecular weight excluding hydrogens is 643 g/mol. The number of carbonyl (C=O) groups is 2. The van der Waals surface area contributed by atoms with Crippen molar-refractivity contribution in [1.82, 2.24) is 4.90 Å². The molecular formula is C38H57NO9Si. The van der Waals surface area contributed by atoms with Gasteiger partial charge in [0.1, 0.15) is 23.9 Å². The zero-order valence-electron chi connectivity index (χ0n) is 30.9. The number of methoxy groups -OCH3 is 3. The van der Waals surface area contributed by atoms with Gasteiger partial charge in [-0.25, -0.2) is 4.79 Å². The van der Waals surface area contributed by atoms with Crippen molar-refractivity contribution in [2.24, 2.45) is 40.4 Å². The number of hydrogen-bond donors (Lipinski definition) is 1. The van der Waals surface area contributed by atoms with Gasteiger partial charge in [0.2, 0.25) is 0 Å². The topological polar surface area (TPSA) is 113 Å². The molecule has 1 heterocycles. The first-order valence-corrected chi connectivity index (χ1v) is 21.8. The summed E-state index contributed by atoms with van der Waals surface area (Å²) in [7, 11) is 2.76. The fourth-order valence-corrected chi connectivity index (χ4v) is 14.9. The molecule has 1 aromatic rings. The summed E-state index contributed by atoms with van der Waals surface area (Å²) in [6.07, 6.45) is -1.27. The zero-order valence-corrected chi connectivity index (χ0v) is 31.9. The Morgan fingerprint density at radius 2 is 1.69 bits per heavy atom. The lowest BCUT2D eigenvalue weighted by molar-refractivity contribution is -0.317. The number of ether oxygens (including phenoxy) is 5. The predicted octanol–water partition coefficient (Wildman–Crippen LogP) is 4.55. The van der Waals surface area contributed by atoms with Crippen LogP contribution in [0.1, 0.15) is 57.3 Å². The van der Waals surface area contributed by atoms with Crippen LogP contribution in [0.5, 0.6) is 0 Å². The van der Waals surface area contributed by atoms with Gasteiger partial charge in [0.25, 0.3) is 0 Å². The second kappa shape index (κ2) is 11.8.